The van der Waals surface area contributed by atoms with Gasteiger partial charge in [-0.05, 0) is 67.1 Å². The summed E-state index contributed by atoms with van der Waals surface area (Å²) in [5, 5.41) is 3.35. The highest BCUT2D eigenvalue weighted by Gasteiger charge is 2.23. The molecule has 126 valence electrons. The van der Waals surface area contributed by atoms with Gasteiger partial charge in [-0.3, -0.25) is 4.98 Å². The van der Waals surface area contributed by atoms with Crippen molar-refractivity contribution in [3.8, 4) is 11.1 Å². The van der Waals surface area contributed by atoms with Crippen LogP contribution in [0.25, 0.3) is 11.1 Å². The van der Waals surface area contributed by atoms with Gasteiger partial charge in [0.2, 0.25) is 0 Å². The monoisotopic (exact) mass is 333 g/mol. The molecule has 1 aliphatic carbocycles. The van der Waals surface area contributed by atoms with E-state index in [1.807, 2.05) is 31.6 Å². The standard InChI is InChI=1S/C21H20FN3/c1-14(15-4-7-20(22)8-5-15)25-21-9-6-17(13-24-21)19-10-18(11-23-12-19)16-2-3-16/h4-14,16H,2-3H2,1H3,(H,24,25). The second kappa shape index (κ2) is 6.63. The first-order chi connectivity index (χ1) is 12.2. The smallest absolute Gasteiger partial charge is 0.126 e. The van der Waals surface area contributed by atoms with Gasteiger partial charge in [0.05, 0.1) is 0 Å². The summed E-state index contributed by atoms with van der Waals surface area (Å²) in [6.07, 6.45) is 8.26. The molecule has 1 aromatic carbocycles. The maximum absolute atomic E-state index is 13.0. The van der Waals surface area contributed by atoms with Crippen molar-refractivity contribution in [2.24, 2.45) is 0 Å². The molecular formula is C21H20FN3. The summed E-state index contributed by atoms with van der Waals surface area (Å²) in [7, 11) is 0. The molecule has 1 atom stereocenters. The summed E-state index contributed by atoms with van der Waals surface area (Å²) in [6.45, 7) is 2.03. The molecule has 0 amide bonds. The molecule has 4 rings (SSSR count). The van der Waals surface area contributed by atoms with Crippen LogP contribution >= 0.6 is 0 Å². The van der Waals surface area contributed by atoms with Gasteiger partial charge < -0.3 is 5.32 Å². The summed E-state index contributed by atoms with van der Waals surface area (Å²) in [4.78, 5) is 8.88. The van der Waals surface area contributed by atoms with Crippen LogP contribution in [0.1, 0.15) is 42.9 Å². The number of anilines is 1. The van der Waals surface area contributed by atoms with E-state index in [4.69, 9.17) is 0 Å². The Kier molecular flexibility index (Phi) is 4.18. The number of aromatic nitrogens is 2. The third kappa shape index (κ3) is 3.68. The SMILES string of the molecule is CC(Nc1ccc(-c2cncc(C3CC3)c2)cn1)c1ccc(F)cc1. The fraction of sp³-hybridized carbons (Fsp3) is 0.238. The van der Waals surface area contributed by atoms with Crippen molar-refractivity contribution in [1.29, 1.82) is 0 Å². The summed E-state index contributed by atoms with van der Waals surface area (Å²) in [5.41, 5.74) is 4.52. The lowest BCUT2D eigenvalue weighted by Gasteiger charge is -2.15. The highest BCUT2D eigenvalue weighted by atomic mass is 19.1. The van der Waals surface area contributed by atoms with Crippen LogP contribution < -0.4 is 5.32 Å². The number of hydrogen-bond donors (Lipinski definition) is 1. The van der Waals surface area contributed by atoms with Gasteiger partial charge in [0, 0.05) is 35.8 Å². The van der Waals surface area contributed by atoms with Crippen LogP contribution in [0, 0.1) is 5.82 Å². The zero-order valence-corrected chi connectivity index (χ0v) is 14.1. The average Bonchev–Trinajstić information content (AvgIpc) is 3.48. The number of benzene rings is 1. The van der Waals surface area contributed by atoms with E-state index in [1.54, 1.807) is 12.1 Å². The van der Waals surface area contributed by atoms with Crippen LogP contribution in [0.15, 0.2) is 61.1 Å². The Labute approximate surface area is 147 Å². The van der Waals surface area contributed by atoms with E-state index in [2.05, 4.69) is 27.4 Å². The number of pyridine rings is 2. The molecule has 2 aromatic heterocycles. The summed E-state index contributed by atoms with van der Waals surface area (Å²) < 4.78 is 13.0. The fourth-order valence-electron chi connectivity index (χ4n) is 2.96. The molecule has 1 fully saturated rings. The molecule has 0 aliphatic heterocycles. The third-order valence-corrected chi connectivity index (χ3v) is 4.64. The normalized spacial score (nSPS) is 15.0. The Hall–Kier alpha value is -2.75. The van der Waals surface area contributed by atoms with Crippen molar-refractivity contribution in [1.82, 2.24) is 9.97 Å². The van der Waals surface area contributed by atoms with Gasteiger partial charge in [-0.1, -0.05) is 12.1 Å². The predicted molar refractivity (Wildman–Crippen MR) is 97.9 cm³/mol. The van der Waals surface area contributed by atoms with Gasteiger partial charge in [0.25, 0.3) is 0 Å². The van der Waals surface area contributed by atoms with Crippen LogP contribution in [-0.4, -0.2) is 9.97 Å². The van der Waals surface area contributed by atoms with Crippen LogP contribution in [-0.2, 0) is 0 Å². The van der Waals surface area contributed by atoms with Crippen LogP contribution in [0.5, 0.6) is 0 Å². The van der Waals surface area contributed by atoms with Gasteiger partial charge in [-0.2, -0.15) is 0 Å². The number of halogens is 1. The molecular weight excluding hydrogens is 313 g/mol. The molecule has 2 heterocycles. The number of nitrogens with zero attached hydrogens (tertiary/aromatic N) is 2. The van der Waals surface area contributed by atoms with Crippen molar-refractivity contribution in [2.75, 3.05) is 5.32 Å². The first-order valence-electron chi connectivity index (χ1n) is 8.62. The van der Waals surface area contributed by atoms with Crippen LogP contribution in [0.2, 0.25) is 0 Å². The second-order valence-corrected chi connectivity index (χ2v) is 6.63. The molecule has 0 spiro atoms. The number of rotatable bonds is 5. The highest BCUT2D eigenvalue weighted by molar-refractivity contribution is 5.63. The second-order valence-electron chi connectivity index (χ2n) is 6.63. The molecule has 0 saturated heterocycles. The van der Waals surface area contributed by atoms with Gasteiger partial charge >= 0.3 is 0 Å². The summed E-state index contributed by atoms with van der Waals surface area (Å²) in [6, 6.07) is 12.8. The molecule has 3 nitrogen and oxygen atoms in total. The average molecular weight is 333 g/mol. The van der Waals surface area contributed by atoms with Crippen molar-refractivity contribution in [3.63, 3.8) is 0 Å². The topological polar surface area (TPSA) is 37.8 Å². The zero-order valence-electron chi connectivity index (χ0n) is 14.1. The maximum Gasteiger partial charge on any atom is 0.126 e. The van der Waals surface area contributed by atoms with Crippen molar-refractivity contribution in [3.05, 3.63) is 78.0 Å². The predicted octanol–water partition coefficient (Wildman–Crippen LogP) is 5.33. The van der Waals surface area contributed by atoms with E-state index < -0.39 is 0 Å². The Bertz CT molecular complexity index is 855. The van der Waals surface area contributed by atoms with Crippen molar-refractivity contribution >= 4 is 5.82 Å². The third-order valence-electron chi connectivity index (χ3n) is 4.64. The lowest BCUT2D eigenvalue weighted by atomic mass is 10.1. The van der Waals surface area contributed by atoms with Gasteiger partial charge in [0.15, 0.2) is 0 Å². The molecule has 1 saturated carbocycles. The quantitative estimate of drug-likeness (QED) is 0.685. The van der Waals surface area contributed by atoms with Gasteiger partial charge in [-0.15, -0.1) is 0 Å². The molecule has 1 aliphatic rings. The lowest BCUT2D eigenvalue weighted by molar-refractivity contribution is 0.626. The summed E-state index contributed by atoms with van der Waals surface area (Å²) in [5.74, 6) is 1.27. The van der Waals surface area contributed by atoms with E-state index >= 15 is 0 Å². The summed E-state index contributed by atoms with van der Waals surface area (Å²) >= 11 is 0. The Morgan fingerprint density at radius 1 is 1.00 bits per heavy atom. The minimum atomic E-state index is -0.222. The van der Waals surface area contributed by atoms with E-state index in [-0.39, 0.29) is 11.9 Å². The maximum atomic E-state index is 13.0. The van der Waals surface area contributed by atoms with E-state index in [9.17, 15) is 4.39 Å². The van der Waals surface area contributed by atoms with E-state index in [0.717, 1.165) is 22.5 Å². The highest BCUT2D eigenvalue weighted by Crippen LogP contribution is 2.40. The molecule has 0 bridgehead atoms. The first-order valence-corrected chi connectivity index (χ1v) is 8.62. The molecule has 1 unspecified atom stereocenters. The largest absolute Gasteiger partial charge is 0.364 e. The lowest BCUT2D eigenvalue weighted by Crippen LogP contribution is -2.07. The zero-order chi connectivity index (χ0) is 17.2. The van der Waals surface area contributed by atoms with Crippen LogP contribution in [0.3, 0.4) is 0 Å². The molecule has 3 aromatic rings. The first kappa shape index (κ1) is 15.8. The number of hydrogen-bond acceptors (Lipinski definition) is 3. The van der Waals surface area contributed by atoms with E-state index in [0.29, 0.717) is 5.92 Å². The van der Waals surface area contributed by atoms with Crippen molar-refractivity contribution in [2.45, 2.75) is 31.7 Å². The molecule has 4 heteroatoms. The molecule has 0 radical (unpaired) electrons. The minimum Gasteiger partial charge on any atom is -0.364 e. The molecule has 25 heavy (non-hydrogen) atoms. The Morgan fingerprint density at radius 2 is 1.80 bits per heavy atom. The Balaban J connectivity index is 1.48. The minimum absolute atomic E-state index is 0.0545. The fourth-order valence-corrected chi connectivity index (χ4v) is 2.96. The number of nitrogens with one attached hydrogen (secondary N) is 1. The molecule has 1 N–H and O–H groups in total. The van der Waals surface area contributed by atoms with Crippen LogP contribution in [0.4, 0.5) is 10.2 Å². The van der Waals surface area contributed by atoms with E-state index in [1.165, 1.54) is 30.5 Å². The van der Waals surface area contributed by atoms with Gasteiger partial charge in [0.1, 0.15) is 11.6 Å². The van der Waals surface area contributed by atoms with Gasteiger partial charge in [-0.25, -0.2) is 9.37 Å². The Morgan fingerprint density at radius 3 is 2.48 bits per heavy atom. The van der Waals surface area contributed by atoms with Crippen molar-refractivity contribution < 1.29 is 4.39 Å².